The highest BCUT2D eigenvalue weighted by atomic mass is 16.3. The molecule has 21 rings (SSSR count). The molecule has 0 aliphatic heterocycles. The minimum Gasteiger partial charge on any atom is -0.456 e. The number of furan rings is 2. The van der Waals surface area contributed by atoms with Crippen LogP contribution in [0.5, 0.6) is 0 Å². The molecule has 0 aliphatic rings. The normalized spacial score (nSPS) is 11.8. The van der Waals surface area contributed by atoms with Gasteiger partial charge in [-0.25, -0.2) is 0 Å². The zero-order valence-electron chi connectivity index (χ0n) is 54.5. The Kier molecular flexibility index (Phi) is 13.3. The number of para-hydroxylation sites is 2. The van der Waals surface area contributed by atoms with Gasteiger partial charge in [-0.15, -0.1) is 0 Å². The molecule has 0 spiro atoms. The quantitative estimate of drug-likeness (QED) is 0.117. The van der Waals surface area contributed by atoms with Crippen molar-refractivity contribution in [1.82, 2.24) is 0 Å². The molecule has 0 unspecified atom stereocenters. The van der Waals surface area contributed by atoms with Gasteiger partial charge in [0.05, 0.1) is 0 Å². The fourth-order valence-corrected chi connectivity index (χ4v) is 16.5. The Balaban J connectivity index is 0.000000140. The van der Waals surface area contributed by atoms with Gasteiger partial charge in [0.25, 0.3) is 0 Å². The maximum Gasteiger partial charge on any atom is 0.136 e. The standard InChI is InChI=1S/C56H34O.C42H26O/c1-3-19-38-35(16-1)18-15-30-40(38)37-33-51(56-49-29-13-14-31-52(49)57-53(56)34-37)55-47-27-11-9-25-45(47)54(46-26-10-12-28-48(46)55)44-24-8-7-23-43(44)50-32-36-17-2-4-20-39(36)41-21-5-6-22-42(41)50;1-2-12-31-27(10-1)11-9-18-32(31)28-20-22-29(23-21-28)41-34-14-3-5-16-36(34)42(37-17-6-4-15-35(37)41)30-24-25-40-38(26-30)33-13-7-8-19-39(33)43-40/h1-34H;1-26H. The third kappa shape index (κ3) is 9.19. The molecule has 0 saturated heterocycles. The fraction of sp³-hybridized carbons (Fsp3) is 0. The van der Waals surface area contributed by atoms with Crippen LogP contribution in [0.1, 0.15) is 0 Å². The van der Waals surface area contributed by atoms with Crippen LogP contribution in [0.25, 0.3) is 208 Å². The Labute approximate surface area is 577 Å². The molecule has 0 fully saturated rings. The maximum absolute atomic E-state index is 6.74. The summed E-state index contributed by atoms with van der Waals surface area (Å²) in [5.74, 6) is 0. The monoisotopic (exact) mass is 1270 g/mol. The van der Waals surface area contributed by atoms with E-state index >= 15 is 0 Å². The Morgan fingerprint density at radius 1 is 0.140 bits per heavy atom. The lowest BCUT2D eigenvalue weighted by Crippen LogP contribution is -1.94. The first-order valence-electron chi connectivity index (χ1n) is 34.4. The van der Waals surface area contributed by atoms with E-state index in [0.717, 1.165) is 49.4 Å². The van der Waals surface area contributed by atoms with Crippen molar-refractivity contribution in [3.63, 3.8) is 0 Å². The first-order valence-corrected chi connectivity index (χ1v) is 34.4. The van der Waals surface area contributed by atoms with Gasteiger partial charge in [-0.3, -0.25) is 0 Å². The molecule has 2 heteroatoms. The summed E-state index contributed by atoms with van der Waals surface area (Å²) in [6, 6.07) is 132. The summed E-state index contributed by atoms with van der Waals surface area (Å²) in [4.78, 5) is 0. The molecule has 0 N–H and O–H groups in total. The average molecular weight is 1270 g/mol. The van der Waals surface area contributed by atoms with Gasteiger partial charge in [0, 0.05) is 21.5 Å². The molecular weight excluding hydrogens is 1210 g/mol. The molecule has 2 aromatic heterocycles. The fourth-order valence-electron chi connectivity index (χ4n) is 16.5. The smallest absolute Gasteiger partial charge is 0.136 e. The Morgan fingerprint density at radius 2 is 0.510 bits per heavy atom. The lowest BCUT2D eigenvalue weighted by atomic mass is 9.82. The van der Waals surface area contributed by atoms with E-state index in [-0.39, 0.29) is 0 Å². The van der Waals surface area contributed by atoms with Crippen molar-refractivity contribution in [2.45, 2.75) is 0 Å². The van der Waals surface area contributed by atoms with Crippen LogP contribution in [-0.2, 0) is 0 Å². The molecule has 0 atom stereocenters. The number of hydrogen-bond donors (Lipinski definition) is 0. The van der Waals surface area contributed by atoms with Crippen LogP contribution in [0, 0.1) is 0 Å². The minimum atomic E-state index is 0.891. The van der Waals surface area contributed by atoms with Gasteiger partial charge in [0.1, 0.15) is 22.3 Å². The van der Waals surface area contributed by atoms with Crippen LogP contribution in [0.15, 0.2) is 373 Å². The van der Waals surface area contributed by atoms with Crippen molar-refractivity contribution >= 4 is 130 Å². The number of fused-ring (bicyclic) bond motifs is 15. The predicted octanol–water partition coefficient (Wildman–Crippen LogP) is 28.1. The summed E-state index contributed by atoms with van der Waals surface area (Å²) in [7, 11) is 0. The van der Waals surface area contributed by atoms with E-state index in [1.165, 1.54) is 159 Å². The highest BCUT2D eigenvalue weighted by molar-refractivity contribution is 6.28. The lowest BCUT2D eigenvalue weighted by Gasteiger charge is -2.21. The average Bonchev–Trinajstić information content (AvgIpc) is 0.968. The second-order valence-corrected chi connectivity index (χ2v) is 26.4. The van der Waals surface area contributed by atoms with Gasteiger partial charge in [0.2, 0.25) is 0 Å². The summed E-state index contributed by atoms with van der Waals surface area (Å²) in [6.45, 7) is 0. The summed E-state index contributed by atoms with van der Waals surface area (Å²) >= 11 is 0. The number of benzene rings is 19. The van der Waals surface area contributed by atoms with Crippen LogP contribution in [0.2, 0.25) is 0 Å². The Morgan fingerprint density at radius 3 is 1.10 bits per heavy atom. The topological polar surface area (TPSA) is 26.3 Å². The van der Waals surface area contributed by atoms with E-state index < -0.39 is 0 Å². The molecular formula is C98H60O2. The van der Waals surface area contributed by atoms with Gasteiger partial charge in [-0.2, -0.15) is 0 Å². The van der Waals surface area contributed by atoms with E-state index in [9.17, 15) is 0 Å². The molecule has 21 aromatic rings. The van der Waals surface area contributed by atoms with E-state index in [1.54, 1.807) is 0 Å². The molecule has 19 aromatic carbocycles. The molecule has 0 amide bonds. The molecule has 100 heavy (non-hydrogen) atoms. The molecule has 2 nitrogen and oxygen atoms in total. The second kappa shape index (κ2) is 23.3. The minimum absolute atomic E-state index is 0.891. The first kappa shape index (κ1) is 57.1. The number of rotatable bonds is 7. The molecule has 0 bridgehead atoms. The summed E-state index contributed by atoms with van der Waals surface area (Å²) < 4.78 is 12.9. The third-order valence-electron chi connectivity index (χ3n) is 20.9. The van der Waals surface area contributed by atoms with Crippen molar-refractivity contribution in [3.8, 4) is 77.9 Å². The molecule has 0 saturated carbocycles. The van der Waals surface area contributed by atoms with Gasteiger partial charge in [0.15, 0.2) is 0 Å². The van der Waals surface area contributed by atoms with E-state index in [1.807, 2.05) is 12.1 Å². The van der Waals surface area contributed by atoms with Crippen molar-refractivity contribution < 1.29 is 8.83 Å². The Bertz CT molecular complexity index is 6780. The van der Waals surface area contributed by atoms with Crippen LogP contribution in [0.4, 0.5) is 0 Å². The maximum atomic E-state index is 6.74. The number of hydrogen-bond acceptors (Lipinski definition) is 2. The van der Waals surface area contributed by atoms with Crippen LogP contribution in [0.3, 0.4) is 0 Å². The summed E-state index contributed by atoms with van der Waals surface area (Å²) in [5.41, 5.74) is 20.7. The highest BCUT2D eigenvalue weighted by Crippen LogP contribution is 2.52. The zero-order chi connectivity index (χ0) is 65.8. The van der Waals surface area contributed by atoms with Gasteiger partial charge in [-0.05, 0) is 207 Å². The molecule has 2 heterocycles. The van der Waals surface area contributed by atoms with Crippen LogP contribution >= 0.6 is 0 Å². The van der Waals surface area contributed by atoms with Gasteiger partial charge >= 0.3 is 0 Å². The van der Waals surface area contributed by atoms with Crippen molar-refractivity contribution in [1.29, 1.82) is 0 Å². The van der Waals surface area contributed by atoms with Gasteiger partial charge < -0.3 is 8.83 Å². The zero-order valence-corrected chi connectivity index (χ0v) is 54.5. The second-order valence-electron chi connectivity index (χ2n) is 26.4. The molecule has 0 aliphatic carbocycles. The lowest BCUT2D eigenvalue weighted by molar-refractivity contribution is 0.668. The summed E-state index contributed by atoms with van der Waals surface area (Å²) in [5, 5.41) is 24.5. The van der Waals surface area contributed by atoms with E-state index in [4.69, 9.17) is 8.83 Å². The van der Waals surface area contributed by atoms with Crippen molar-refractivity contribution in [2.75, 3.05) is 0 Å². The van der Waals surface area contributed by atoms with Crippen molar-refractivity contribution in [3.05, 3.63) is 364 Å². The van der Waals surface area contributed by atoms with Crippen LogP contribution in [-0.4, -0.2) is 0 Å². The summed E-state index contributed by atoms with van der Waals surface area (Å²) in [6.07, 6.45) is 0. The van der Waals surface area contributed by atoms with E-state index in [0.29, 0.717) is 0 Å². The van der Waals surface area contributed by atoms with Gasteiger partial charge in [-0.1, -0.05) is 322 Å². The predicted molar refractivity (Wildman–Crippen MR) is 426 cm³/mol. The van der Waals surface area contributed by atoms with E-state index in [2.05, 4.69) is 352 Å². The molecule has 0 radical (unpaired) electrons. The van der Waals surface area contributed by atoms with Crippen LogP contribution < -0.4 is 0 Å². The van der Waals surface area contributed by atoms with Crippen molar-refractivity contribution in [2.24, 2.45) is 0 Å². The molecule has 464 valence electrons. The first-order chi connectivity index (χ1) is 49.6. The third-order valence-corrected chi connectivity index (χ3v) is 20.9. The SMILES string of the molecule is c1ccc(-c2cc3ccccc3c3ccccc23)c(-c2c3ccccc3c(-c3cc(-c4cccc5ccccc45)cc4oc5ccccc5c34)c3ccccc23)c1.c1ccc2c(-c3ccc(-c4c5ccccc5c(-c5ccc6oc7ccccc7c6c5)c5ccccc45)cc3)cccc2c1. The Hall–Kier alpha value is -13.1. The highest BCUT2D eigenvalue weighted by Gasteiger charge is 2.25. The largest absolute Gasteiger partial charge is 0.456 e.